The quantitative estimate of drug-likeness (QED) is 0.714. The molecule has 2 N–H and O–H groups in total. The van der Waals surface area contributed by atoms with Crippen LogP contribution in [0, 0.1) is 0 Å². The van der Waals surface area contributed by atoms with E-state index in [4.69, 9.17) is 11.6 Å². The molecule has 16 heavy (non-hydrogen) atoms. The Hall–Kier alpha value is -1.59. The second kappa shape index (κ2) is 3.77. The molecule has 0 radical (unpaired) electrons. The van der Waals surface area contributed by atoms with Crippen LogP contribution in [0.3, 0.4) is 0 Å². The Labute approximate surface area is 96.6 Å². The largest absolute Gasteiger partial charge is 0.369 e. The average molecular weight is 241 g/mol. The number of carbonyl (C=O) groups excluding carboxylic acids is 2. The fourth-order valence-electron chi connectivity index (χ4n) is 1.68. The molecule has 1 unspecified atom stereocenters. The van der Waals surface area contributed by atoms with E-state index in [1.54, 1.807) is 18.2 Å². The van der Waals surface area contributed by atoms with Crippen molar-refractivity contribution in [2.45, 2.75) is 6.23 Å². The lowest BCUT2D eigenvalue weighted by Crippen LogP contribution is -2.40. The number of aliphatic hydroxyl groups excluding tert-OH is 1. The molecule has 0 fully saturated rings. The molecule has 1 heterocycles. The lowest BCUT2D eigenvalue weighted by Gasteiger charge is -2.17. The standard InChI is InChI=1S/C10H9ClN2O3/c1-12-10(16)13-8(14)5-3-2-4-6(11)7(5)9(13)15/h2-4,8,14H,1H3,(H,12,16). The van der Waals surface area contributed by atoms with Crippen LogP contribution in [-0.4, -0.2) is 29.0 Å². The lowest BCUT2D eigenvalue weighted by molar-refractivity contribution is 0.0357. The normalized spacial score (nSPS) is 18.6. The third-order valence-electron chi connectivity index (χ3n) is 2.43. The van der Waals surface area contributed by atoms with Crippen molar-refractivity contribution in [2.24, 2.45) is 0 Å². The molecule has 1 aromatic carbocycles. The minimum absolute atomic E-state index is 0.181. The molecule has 6 heteroatoms. The van der Waals surface area contributed by atoms with Crippen molar-refractivity contribution in [1.29, 1.82) is 0 Å². The zero-order chi connectivity index (χ0) is 11.9. The molecule has 2 rings (SSSR count). The van der Waals surface area contributed by atoms with E-state index >= 15 is 0 Å². The number of halogens is 1. The van der Waals surface area contributed by atoms with Gasteiger partial charge in [0.25, 0.3) is 5.91 Å². The Bertz CT molecular complexity index is 475. The zero-order valence-electron chi connectivity index (χ0n) is 8.40. The highest BCUT2D eigenvalue weighted by atomic mass is 35.5. The summed E-state index contributed by atoms with van der Waals surface area (Å²) in [4.78, 5) is 24.0. The molecule has 1 aliphatic heterocycles. The summed E-state index contributed by atoms with van der Waals surface area (Å²) in [5, 5.41) is 12.3. The molecular weight excluding hydrogens is 232 g/mol. The van der Waals surface area contributed by atoms with Gasteiger partial charge in [-0.3, -0.25) is 4.79 Å². The van der Waals surface area contributed by atoms with Gasteiger partial charge in [0.15, 0.2) is 6.23 Å². The van der Waals surface area contributed by atoms with Crippen LogP contribution in [-0.2, 0) is 0 Å². The third-order valence-corrected chi connectivity index (χ3v) is 2.75. The summed E-state index contributed by atoms with van der Waals surface area (Å²) in [6.07, 6.45) is -1.28. The van der Waals surface area contributed by atoms with E-state index in [0.29, 0.717) is 5.56 Å². The summed E-state index contributed by atoms with van der Waals surface area (Å²) in [5.74, 6) is -0.590. The molecule has 0 spiro atoms. The molecule has 0 saturated heterocycles. The van der Waals surface area contributed by atoms with Crippen LogP contribution < -0.4 is 5.32 Å². The minimum atomic E-state index is -1.28. The topological polar surface area (TPSA) is 69.6 Å². The van der Waals surface area contributed by atoms with Crippen molar-refractivity contribution in [3.63, 3.8) is 0 Å². The number of aliphatic hydroxyl groups is 1. The Balaban J connectivity index is 2.52. The van der Waals surface area contributed by atoms with Gasteiger partial charge in [-0.05, 0) is 6.07 Å². The summed E-state index contributed by atoms with van der Waals surface area (Å²) >= 11 is 5.85. The van der Waals surface area contributed by atoms with E-state index in [9.17, 15) is 14.7 Å². The fraction of sp³-hybridized carbons (Fsp3) is 0.200. The van der Waals surface area contributed by atoms with Crippen molar-refractivity contribution >= 4 is 23.5 Å². The van der Waals surface area contributed by atoms with E-state index in [1.165, 1.54) is 7.05 Å². The number of urea groups is 1. The number of hydrogen-bond donors (Lipinski definition) is 2. The number of carbonyl (C=O) groups is 2. The van der Waals surface area contributed by atoms with E-state index < -0.39 is 18.2 Å². The van der Waals surface area contributed by atoms with Gasteiger partial charge in [0, 0.05) is 12.6 Å². The number of nitrogens with one attached hydrogen (secondary N) is 1. The van der Waals surface area contributed by atoms with Gasteiger partial charge >= 0.3 is 6.03 Å². The Morgan fingerprint density at radius 3 is 2.81 bits per heavy atom. The van der Waals surface area contributed by atoms with Gasteiger partial charge in [-0.15, -0.1) is 0 Å². The lowest BCUT2D eigenvalue weighted by atomic mass is 10.1. The van der Waals surface area contributed by atoms with Gasteiger partial charge in [0.05, 0.1) is 10.6 Å². The van der Waals surface area contributed by atoms with Crippen LogP contribution in [0.5, 0.6) is 0 Å². The Morgan fingerprint density at radius 2 is 2.25 bits per heavy atom. The molecular formula is C10H9ClN2O3. The van der Waals surface area contributed by atoms with Crippen LogP contribution in [0.4, 0.5) is 4.79 Å². The molecule has 1 aliphatic rings. The van der Waals surface area contributed by atoms with Gasteiger partial charge in [0.1, 0.15) is 0 Å². The molecule has 0 bridgehead atoms. The second-order valence-corrected chi connectivity index (χ2v) is 3.72. The molecule has 5 nitrogen and oxygen atoms in total. The smallest absolute Gasteiger partial charge is 0.326 e. The van der Waals surface area contributed by atoms with E-state index in [2.05, 4.69) is 5.32 Å². The first-order chi connectivity index (χ1) is 7.57. The predicted octanol–water partition coefficient (Wildman–Crippen LogP) is 1.13. The van der Waals surface area contributed by atoms with E-state index in [1.807, 2.05) is 0 Å². The zero-order valence-corrected chi connectivity index (χ0v) is 9.15. The number of nitrogens with zero attached hydrogens (tertiary/aromatic N) is 1. The maximum absolute atomic E-state index is 11.8. The number of imide groups is 1. The van der Waals surface area contributed by atoms with Gasteiger partial charge in [0.2, 0.25) is 0 Å². The molecule has 84 valence electrons. The summed E-state index contributed by atoms with van der Waals surface area (Å²) in [6.45, 7) is 0. The second-order valence-electron chi connectivity index (χ2n) is 3.31. The molecule has 0 aromatic heterocycles. The van der Waals surface area contributed by atoms with E-state index in [0.717, 1.165) is 4.90 Å². The third kappa shape index (κ3) is 1.36. The van der Waals surface area contributed by atoms with E-state index in [-0.39, 0.29) is 10.6 Å². The summed E-state index contributed by atoms with van der Waals surface area (Å²) in [7, 11) is 1.38. The highest BCUT2D eigenvalue weighted by Crippen LogP contribution is 2.35. The first kappa shape index (κ1) is 10.9. The number of rotatable bonds is 0. The van der Waals surface area contributed by atoms with Crippen molar-refractivity contribution in [3.05, 3.63) is 34.3 Å². The molecule has 1 atom stereocenters. The van der Waals surface area contributed by atoms with Crippen molar-refractivity contribution in [3.8, 4) is 0 Å². The number of hydrogen-bond acceptors (Lipinski definition) is 3. The van der Waals surface area contributed by atoms with Gasteiger partial charge < -0.3 is 10.4 Å². The maximum Gasteiger partial charge on any atom is 0.326 e. The SMILES string of the molecule is CNC(=O)N1C(=O)c2c(Cl)cccc2C1O. The first-order valence-corrected chi connectivity index (χ1v) is 4.97. The highest BCUT2D eigenvalue weighted by molar-refractivity contribution is 6.34. The van der Waals surface area contributed by atoms with Gasteiger partial charge in [-0.2, -0.15) is 0 Å². The number of benzene rings is 1. The summed E-state index contributed by atoms with van der Waals surface area (Å²) in [5.41, 5.74) is 0.529. The molecule has 0 aliphatic carbocycles. The van der Waals surface area contributed by atoms with Crippen LogP contribution in [0.25, 0.3) is 0 Å². The number of fused-ring (bicyclic) bond motifs is 1. The van der Waals surface area contributed by atoms with Crippen molar-refractivity contribution in [2.75, 3.05) is 7.05 Å². The molecule has 0 saturated carbocycles. The maximum atomic E-state index is 11.8. The van der Waals surface area contributed by atoms with Gasteiger partial charge in [-0.25, -0.2) is 9.69 Å². The molecule has 3 amide bonds. The average Bonchev–Trinajstić information content (AvgIpc) is 2.52. The molecule has 1 aromatic rings. The highest BCUT2D eigenvalue weighted by Gasteiger charge is 2.40. The van der Waals surface area contributed by atoms with Crippen LogP contribution in [0.2, 0.25) is 5.02 Å². The van der Waals surface area contributed by atoms with Crippen LogP contribution >= 0.6 is 11.6 Å². The monoisotopic (exact) mass is 240 g/mol. The Kier molecular flexibility index (Phi) is 2.57. The van der Waals surface area contributed by atoms with Gasteiger partial charge in [-0.1, -0.05) is 23.7 Å². The predicted molar refractivity (Wildman–Crippen MR) is 57.0 cm³/mol. The Morgan fingerprint density at radius 1 is 1.56 bits per heavy atom. The van der Waals surface area contributed by atoms with Crippen LogP contribution in [0.1, 0.15) is 22.1 Å². The number of amides is 3. The fourth-order valence-corrected chi connectivity index (χ4v) is 1.94. The first-order valence-electron chi connectivity index (χ1n) is 4.59. The minimum Gasteiger partial charge on any atom is -0.369 e. The van der Waals surface area contributed by atoms with Crippen molar-refractivity contribution < 1.29 is 14.7 Å². The summed E-state index contributed by atoms with van der Waals surface area (Å²) < 4.78 is 0. The van der Waals surface area contributed by atoms with Crippen molar-refractivity contribution in [1.82, 2.24) is 10.2 Å². The summed E-state index contributed by atoms with van der Waals surface area (Å²) in [6, 6.07) is 4.06. The van der Waals surface area contributed by atoms with Crippen LogP contribution in [0.15, 0.2) is 18.2 Å².